The summed E-state index contributed by atoms with van der Waals surface area (Å²) < 4.78 is 5.42. The lowest BCUT2D eigenvalue weighted by Crippen LogP contribution is -2.01. The fraction of sp³-hybridized carbons (Fsp3) is 0.111. The van der Waals surface area contributed by atoms with Crippen molar-refractivity contribution in [2.24, 2.45) is 0 Å². The quantitative estimate of drug-likeness (QED) is 0.763. The molecule has 0 radical (unpaired) electrons. The average Bonchev–Trinajstić information content (AvgIpc) is 2.49. The van der Waals surface area contributed by atoms with Gasteiger partial charge in [-0.15, -0.1) is 0 Å². The van der Waals surface area contributed by atoms with E-state index in [1.54, 1.807) is 7.11 Å². The summed E-state index contributed by atoms with van der Waals surface area (Å²) in [4.78, 5) is 0. The van der Waals surface area contributed by atoms with E-state index < -0.39 is 0 Å². The molecule has 0 saturated carbocycles. The van der Waals surface area contributed by atoms with Gasteiger partial charge in [0, 0.05) is 7.11 Å². The minimum atomic E-state index is -0.0135. The molecule has 1 heteroatoms. The van der Waals surface area contributed by atoms with Gasteiger partial charge < -0.3 is 4.74 Å². The van der Waals surface area contributed by atoms with E-state index in [9.17, 15) is 0 Å². The minimum Gasteiger partial charge on any atom is -0.373 e. The second-order valence-electron chi connectivity index (χ2n) is 4.24. The van der Waals surface area contributed by atoms with Crippen molar-refractivity contribution >= 4 is 12.2 Å². The topological polar surface area (TPSA) is 9.23 Å². The zero-order valence-electron chi connectivity index (χ0n) is 11.1. The summed E-state index contributed by atoms with van der Waals surface area (Å²) in [5.41, 5.74) is 2.36. The number of ether oxygens (including phenoxy) is 1. The first-order valence-electron chi connectivity index (χ1n) is 6.38. The fourth-order valence-electron chi connectivity index (χ4n) is 1.76. The van der Waals surface area contributed by atoms with E-state index in [4.69, 9.17) is 4.74 Å². The van der Waals surface area contributed by atoms with Gasteiger partial charge >= 0.3 is 0 Å². The molecule has 0 saturated heterocycles. The van der Waals surface area contributed by atoms with Gasteiger partial charge in [-0.2, -0.15) is 0 Å². The highest BCUT2D eigenvalue weighted by atomic mass is 16.5. The Balaban J connectivity index is 2.01. The molecular formula is C18H18O. The van der Waals surface area contributed by atoms with Gasteiger partial charge in [0.2, 0.25) is 0 Å². The van der Waals surface area contributed by atoms with Crippen molar-refractivity contribution < 1.29 is 4.74 Å². The van der Waals surface area contributed by atoms with Crippen molar-refractivity contribution in [3.8, 4) is 0 Å². The second-order valence-corrected chi connectivity index (χ2v) is 4.24. The first-order chi connectivity index (χ1) is 9.38. The van der Waals surface area contributed by atoms with Gasteiger partial charge in [0.15, 0.2) is 0 Å². The summed E-state index contributed by atoms with van der Waals surface area (Å²) in [5, 5.41) is 0. The van der Waals surface area contributed by atoms with E-state index in [0.29, 0.717) is 0 Å². The van der Waals surface area contributed by atoms with Crippen molar-refractivity contribution in [1.29, 1.82) is 0 Å². The molecule has 0 aliphatic rings. The van der Waals surface area contributed by atoms with E-state index in [2.05, 4.69) is 48.6 Å². The van der Waals surface area contributed by atoms with Gasteiger partial charge in [-0.05, 0) is 11.1 Å². The molecule has 2 aromatic rings. The highest BCUT2D eigenvalue weighted by Gasteiger charge is 1.96. The van der Waals surface area contributed by atoms with Crippen LogP contribution in [0, 0.1) is 0 Å². The highest BCUT2D eigenvalue weighted by molar-refractivity contribution is 5.53. The van der Waals surface area contributed by atoms with Gasteiger partial charge in [0.25, 0.3) is 0 Å². The molecule has 0 heterocycles. The zero-order chi connectivity index (χ0) is 13.3. The molecule has 96 valence electrons. The SMILES string of the molecule is COC(/C=C/c1ccccc1)/C=C/c1ccccc1. The maximum absolute atomic E-state index is 5.42. The lowest BCUT2D eigenvalue weighted by molar-refractivity contribution is 0.179. The van der Waals surface area contributed by atoms with Crippen molar-refractivity contribution in [1.82, 2.24) is 0 Å². The molecule has 2 rings (SSSR count). The second kappa shape index (κ2) is 7.34. The lowest BCUT2D eigenvalue weighted by atomic mass is 10.1. The van der Waals surface area contributed by atoms with Crippen LogP contribution < -0.4 is 0 Å². The third kappa shape index (κ3) is 4.57. The van der Waals surface area contributed by atoms with E-state index >= 15 is 0 Å². The van der Waals surface area contributed by atoms with Crippen molar-refractivity contribution in [3.05, 3.63) is 83.9 Å². The first-order valence-corrected chi connectivity index (χ1v) is 6.38. The largest absolute Gasteiger partial charge is 0.373 e. The molecule has 1 nitrogen and oxygen atoms in total. The Morgan fingerprint density at radius 3 is 1.53 bits per heavy atom. The first kappa shape index (κ1) is 13.3. The maximum Gasteiger partial charge on any atom is 0.0940 e. The van der Waals surface area contributed by atoms with Crippen LogP contribution in [0.4, 0.5) is 0 Å². The zero-order valence-corrected chi connectivity index (χ0v) is 11.1. The monoisotopic (exact) mass is 250 g/mol. The highest BCUT2D eigenvalue weighted by Crippen LogP contribution is 2.07. The molecule has 0 spiro atoms. The lowest BCUT2D eigenvalue weighted by Gasteiger charge is -2.04. The van der Waals surface area contributed by atoms with Crippen LogP contribution in [0.5, 0.6) is 0 Å². The van der Waals surface area contributed by atoms with Crippen molar-refractivity contribution in [2.45, 2.75) is 6.10 Å². The van der Waals surface area contributed by atoms with Gasteiger partial charge in [-0.1, -0.05) is 85.0 Å². The molecule has 19 heavy (non-hydrogen) atoms. The molecule has 0 N–H and O–H groups in total. The van der Waals surface area contributed by atoms with Gasteiger partial charge in [0.05, 0.1) is 6.10 Å². The number of hydrogen-bond donors (Lipinski definition) is 0. The summed E-state index contributed by atoms with van der Waals surface area (Å²) in [5.74, 6) is 0. The number of rotatable bonds is 5. The molecule has 2 aromatic carbocycles. The molecule has 0 bridgehead atoms. The molecule has 0 atom stereocenters. The van der Waals surface area contributed by atoms with Crippen LogP contribution in [0.15, 0.2) is 72.8 Å². The standard InChI is InChI=1S/C18H18O/c1-19-18(14-12-16-8-4-2-5-9-16)15-13-17-10-6-3-7-11-17/h2-15,18H,1H3/b14-12+,15-13+. The predicted octanol–water partition coefficient (Wildman–Crippen LogP) is 4.43. The Morgan fingerprint density at radius 1 is 0.737 bits per heavy atom. The van der Waals surface area contributed by atoms with Crippen LogP contribution in [0.1, 0.15) is 11.1 Å². The van der Waals surface area contributed by atoms with Crippen LogP contribution in [-0.4, -0.2) is 13.2 Å². The summed E-state index contributed by atoms with van der Waals surface area (Å²) >= 11 is 0. The maximum atomic E-state index is 5.42. The molecule has 0 aliphatic heterocycles. The number of methoxy groups -OCH3 is 1. The fourth-order valence-corrected chi connectivity index (χ4v) is 1.76. The predicted molar refractivity (Wildman–Crippen MR) is 81.7 cm³/mol. The Morgan fingerprint density at radius 2 is 1.16 bits per heavy atom. The summed E-state index contributed by atoms with van der Waals surface area (Å²) in [6.45, 7) is 0. The number of benzene rings is 2. The number of hydrogen-bond acceptors (Lipinski definition) is 1. The van der Waals surface area contributed by atoms with Crippen LogP contribution in [0.25, 0.3) is 12.2 Å². The van der Waals surface area contributed by atoms with Crippen molar-refractivity contribution in [2.75, 3.05) is 7.11 Å². The van der Waals surface area contributed by atoms with Crippen molar-refractivity contribution in [3.63, 3.8) is 0 Å². The third-order valence-electron chi connectivity index (χ3n) is 2.83. The van der Waals surface area contributed by atoms with Gasteiger partial charge in [0.1, 0.15) is 0 Å². The summed E-state index contributed by atoms with van der Waals surface area (Å²) in [7, 11) is 1.72. The Bertz CT molecular complexity index is 477. The third-order valence-corrected chi connectivity index (χ3v) is 2.83. The minimum absolute atomic E-state index is 0.0135. The molecule has 0 fully saturated rings. The molecular weight excluding hydrogens is 232 g/mol. The molecule has 0 unspecified atom stereocenters. The van der Waals surface area contributed by atoms with E-state index in [-0.39, 0.29) is 6.10 Å². The summed E-state index contributed by atoms with van der Waals surface area (Å²) in [6, 6.07) is 20.4. The molecule has 0 aliphatic carbocycles. The van der Waals surface area contributed by atoms with Gasteiger partial charge in [-0.3, -0.25) is 0 Å². The average molecular weight is 250 g/mol. The Labute approximate surface area is 114 Å². The van der Waals surface area contributed by atoms with Crippen LogP contribution in [0.2, 0.25) is 0 Å². The normalized spacial score (nSPS) is 11.7. The summed E-state index contributed by atoms with van der Waals surface area (Å²) in [6.07, 6.45) is 8.23. The Hall–Kier alpha value is -2.12. The Kier molecular flexibility index (Phi) is 5.15. The van der Waals surface area contributed by atoms with E-state index in [1.807, 2.05) is 36.4 Å². The van der Waals surface area contributed by atoms with Crippen LogP contribution >= 0.6 is 0 Å². The van der Waals surface area contributed by atoms with Crippen LogP contribution in [-0.2, 0) is 4.74 Å². The van der Waals surface area contributed by atoms with Crippen LogP contribution in [0.3, 0.4) is 0 Å². The molecule has 0 amide bonds. The smallest absolute Gasteiger partial charge is 0.0940 e. The van der Waals surface area contributed by atoms with E-state index in [0.717, 1.165) is 0 Å². The molecule has 0 aromatic heterocycles. The van der Waals surface area contributed by atoms with E-state index in [1.165, 1.54) is 11.1 Å². The van der Waals surface area contributed by atoms with Gasteiger partial charge in [-0.25, -0.2) is 0 Å².